The van der Waals surface area contributed by atoms with Crippen LogP contribution in [0.3, 0.4) is 0 Å². The zero-order valence-electron chi connectivity index (χ0n) is 14.7. The Labute approximate surface area is 156 Å². The molecule has 0 aliphatic carbocycles. The van der Waals surface area contributed by atoms with Gasteiger partial charge in [-0.25, -0.2) is 0 Å². The predicted molar refractivity (Wildman–Crippen MR) is 116 cm³/mol. The van der Waals surface area contributed by atoms with Crippen molar-refractivity contribution in [3.8, 4) is 0 Å². The fraction of sp³-hybridized carbons (Fsp3) is 0. The first-order chi connectivity index (χ1) is 12.7. The first-order valence-corrected chi connectivity index (χ1v) is 10.2. The molecule has 0 fully saturated rings. The highest BCUT2D eigenvalue weighted by Crippen LogP contribution is 2.45. The Hall–Kier alpha value is -2.89. The van der Waals surface area contributed by atoms with Crippen LogP contribution < -0.4 is 10.6 Å². The van der Waals surface area contributed by atoms with Crippen LogP contribution in [0.5, 0.6) is 0 Å². The van der Waals surface area contributed by atoms with Crippen molar-refractivity contribution in [2.45, 2.75) is 0 Å². The third-order valence-electron chi connectivity index (χ3n) is 3.72. The summed E-state index contributed by atoms with van der Waals surface area (Å²) in [5.74, 6) is 1.85. The van der Waals surface area contributed by atoms with Crippen LogP contribution in [0.2, 0.25) is 0 Å². The van der Waals surface area contributed by atoms with Crippen molar-refractivity contribution in [2.75, 3.05) is 0 Å². The van der Waals surface area contributed by atoms with Gasteiger partial charge in [0.1, 0.15) is 0 Å². The highest BCUT2D eigenvalue weighted by atomic mass is 31.2. The highest BCUT2D eigenvalue weighted by molar-refractivity contribution is 7.81. The number of benzene rings is 3. The molecule has 26 heavy (non-hydrogen) atoms. The number of allylic oxidation sites excluding steroid dienone is 2. The lowest BCUT2D eigenvalue weighted by Crippen LogP contribution is -2.13. The van der Waals surface area contributed by atoms with E-state index in [-0.39, 0.29) is 0 Å². The molecule has 130 valence electrons. The molecule has 0 saturated heterocycles. The second kappa shape index (κ2) is 10.2. The van der Waals surface area contributed by atoms with Gasteiger partial charge in [-0.2, -0.15) is 0 Å². The van der Waals surface area contributed by atoms with E-state index in [1.54, 1.807) is 12.2 Å². The van der Waals surface area contributed by atoms with Gasteiger partial charge < -0.3 is 4.57 Å². The van der Waals surface area contributed by atoms with Crippen LogP contribution in [0.15, 0.2) is 122 Å². The largest absolute Gasteiger partial charge is 0.309 e. The van der Waals surface area contributed by atoms with Gasteiger partial charge in [0.25, 0.3) is 0 Å². The Bertz CT molecular complexity index is 832. The van der Waals surface area contributed by atoms with E-state index in [1.807, 2.05) is 103 Å². The number of hydrogen-bond donors (Lipinski definition) is 0. The fourth-order valence-corrected chi connectivity index (χ4v) is 4.63. The average Bonchev–Trinajstić information content (AvgIpc) is 2.74. The van der Waals surface area contributed by atoms with Crippen LogP contribution in [0.25, 0.3) is 6.08 Å². The molecule has 1 nitrogen and oxygen atoms in total. The van der Waals surface area contributed by atoms with E-state index in [1.165, 1.54) is 0 Å². The van der Waals surface area contributed by atoms with Crippen molar-refractivity contribution >= 4 is 23.8 Å². The summed E-state index contributed by atoms with van der Waals surface area (Å²) in [6.07, 6.45) is 5.22. The van der Waals surface area contributed by atoms with Crippen molar-refractivity contribution < 1.29 is 4.57 Å². The normalized spacial score (nSPS) is 10.6. The third kappa shape index (κ3) is 5.31. The van der Waals surface area contributed by atoms with Crippen LogP contribution in [0, 0.1) is 0 Å². The Balaban J connectivity index is 0.000000552. The Morgan fingerprint density at radius 2 is 1.00 bits per heavy atom. The van der Waals surface area contributed by atoms with Crippen LogP contribution in [0.4, 0.5) is 0 Å². The molecule has 0 aliphatic rings. The Kier molecular flexibility index (Phi) is 7.61. The summed E-state index contributed by atoms with van der Waals surface area (Å²) < 4.78 is 13.7. The van der Waals surface area contributed by atoms with Crippen molar-refractivity contribution in [1.29, 1.82) is 0 Å². The predicted octanol–water partition coefficient (Wildman–Crippen LogP) is 6.03. The van der Waals surface area contributed by atoms with Crippen molar-refractivity contribution in [2.24, 2.45) is 0 Å². The molecule has 0 amide bonds. The number of hydrogen-bond acceptors (Lipinski definition) is 1. The van der Waals surface area contributed by atoms with Gasteiger partial charge in [-0.05, 0) is 11.4 Å². The molecule has 0 spiro atoms. The summed E-state index contributed by atoms with van der Waals surface area (Å²) in [6.45, 7) is 6.72. The van der Waals surface area contributed by atoms with E-state index < -0.39 is 7.14 Å². The average molecular weight is 358 g/mol. The first-order valence-electron chi connectivity index (χ1n) is 8.39. The minimum Gasteiger partial charge on any atom is -0.309 e. The maximum atomic E-state index is 13.7. The Morgan fingerprint density at radius 3 is 1.38 bits per heavy atom. The van der Waals surface area contributed by atoms with E-state index in [4.69, 9.17) is 0 Å². The van der Waals surface area contributed by atoms with Crippen LogP contribution in [-0.2, 0) is 4.57 Å². The van der Waals surface area contributed by atoms with E-state index in [2.05, 4.69) is 13.2 Å². The van der Waals surface area contributed by atoms with Gasteiger partial charge in [-0.3, -0.25) is 0 Å². The molecule has 0 heterocycles. The molecule has 0 aliphatic heterocycles. The van der Waals surface area contributed by atoms with E-state index in [0.29, 0.717) is 0 Å². The molecule has 0 N–H and O–H groups in total. The van der Waals surface area contributed by atoms with Crippen LogP contribution >= 0.6 is 7.14 Å². The molecular weight excluding hydrogens is 335 g/mol. The lowest BCUT2D eigenvalue weighted by atomic mass is 10.2. The smallest absolute Gasteiger partial charge is 0.164 e. The second-order valence-corrected chi connectivity index (χ2v) is 8.17. The second-order valence-electron chi connectivity index (χ2n) is 5.53. The Morgan fingerprint density at radius 1 is 0.615 bits per heavy atom. The molecule has 0 atom stereocenters. The van der Waals surface area contributed by atoms with Gasteiger partial charge in [0.15, 0.2) is 7.14 Å². The summed E-state index contributed by atoms with van der Waals surface area (Å²) in [4.78, 5) is 0. The molecule has 0 saturated carbocycles. The van der Waals surface area contributed by atoms with E-state index in [0.717, 1.165) is 16.2 Å². The molecular formula is C24H23OP. The van der Waals surface area contributed by atoms with Crippen LogP contribution in [-0.4, -0.2) is 0 Å². The molecule has 0 radical (unpaired) electrons. The van der Waals surface area contributed by atoms with Crippen LogP contribution in [0.1, 0.15) is 5.56 Å². The van der Waals surface area contributed by atoms with Gasteiger partial charge in [0, 0.05) is 10.6 Å². The maximum absolute atomic E-state index is 13.7. The molecule has 2 heteroatoms. The molecule has 0 unspecified atom stereocenters. The minimum absolute atomic E-state index is 0.855. The van der Waals surface area contributed by atoms with Gasteiger partial charge in [-0.15, -0.1) is 0 Å². The summed E-state index contributed by atoms with van der Waals surface area (Å²) in [7, 11) is -2.77. The molecule has 0 bridgehead atoms. The van der Waals surface area contributed by atoms with Crippen molar-refractivity contribution in [3.05, 3.63) is 128 Å². The summed E-state index contributed by atoms with van der Waals surface area (Å²) >= 11 is 0. The van der Waals surface area contributed by atoms with Gasteiger partial charge >= 0.3 is 0 Å². The number of rotatable bonds is 5. The van der Waals surface area contributed by atoms with Gasteiger partial charge in [0.2, 0.25) is 0 Å². The van der Waals surface area contributed by atoms with E-state index in [9.17, 15) is 4.57 Å². The standard InChI is InChI=1S/C20H17OP.C4H6/c21-22(19-12-6-2-7-13-19,20-14-8-3-9-15-20)17-16-18-10-4-1-5-11-18;1-3-4-2/h1-17H;3-4H,1-2H2. The zero-order chi connectivity index (χ0) is 18.7. The fourth-order valence-electron chi connectivity index (χ4n) is 2.38. The topological polar surface area (TPSA) is 17.1 Å². The summed E-state index contributed by atoms with van der Waals surface area (Å²) in [5, 5.41) is 1.71. The maximum Gasteiger partial charge on any atom is 0.164 e. The molecule has 3 rings (SSSR count). The highest BCUT2D eigenvalue weighted by Gasteiger charge is 2.23. The lowest BCUT2D eigenvalue weighted by molar-refractivity contribution is 0.592. The molecule has 3 aromatic rings. The van der Waals surface area contributed by atoms with Crippen molar-refractivity contribution in [1.82, 2.24) is 0 Å². The van der Waals surface area contributed by atoms with Gasteiger partial charge in [-0.1, -0.05) is 122 Å². The van der Waals surface area contributed by atoms with E-state index >= 15 is 0 Å². The first kappa shape index (κ1) is 19.4. The summed E-state index contributed by atoms with van der Waals surface area (Å²) in [6, 6.07) is 29.3. The van der Waals surface area contributed by atoms with Gasteiger partial charge in [0.05, 0.1) is 0 Å². The van der Waals surface area contributed by atoms with Crippen molar-refractivity contribution in [3.63, 3.8) is 0 Å². The molecule has 3 aromatic carbocycles. The quantitative estimate of drug-likeness (QED) is 0.402. The zero-order valence-corrected chi connectivity index (χ0v) is 15.6. The monoisotopic (exact) mass is 358 g/mol. The minimum atomic E-state index is -2.77. The lowest BCUT2D eigenvalue weighted by Gasteiger charge is -2.15. The summed E-state index contributed by atoms with van der Waals surface area (Å²) in [5.41, 5.74) is 1.05. The SMILES string of the molecule is C=CC=C.O=P(C=Cc1ccccc1)(c1ccccc1)c1ccccc1. The third-order valence-corrected chi connectivity index (χ3v) is 6.42. The molecule has 0 aromatic heterocycles.